The SMILES string of the molecule is Cc1cc(C)n(C2=Cc3ccccc3[CH]2[Zr+2][CH]2C(n3cc(C)cc3C)=Cc3ccccc32)c1.[F-].[F-]. The summed E-state index contributed by atoms with van der Waals surface area (Å²) < 4.78 is 5.95. The Morgan fingerprint density at radius 2 is 1.00 bits per heavy atom. The minimum Gasteiger partial charge on any atom is -1.00 e. The Kier molecular flexibility index (Phi) is 7.02. The van der Waals surface area contributed by atoms with E-state index in [1.54, 1.807) is 0 Å². The molecule has 0 spiro atoms. The van der Waals surface area contributed by atoms with Gasteiger partial charge in [-0.15, -0.1) is 0 Å². The van der Waals surface area contributed by atoms with Crippen LogP contribution in [0.3, 0.4) is 0 Å². The number of halogens is 2. The first-order valence-corrected chi connectivity index (χ1v) is 14.5. The van der Waals surface area contributed by atoms with Crippen LogP contribution in [0.25, 0.3) is 23.5 Å². The fourth-order valence-electron chi connectivity index (χ4n) is 5.59. The summed E-state index contributed by atoms with van der Waals surface area (Å²) >= 11 is -1.00. The van der Waals surface area contributed by atoms with Crippen molar-refractivity contribution in [2.45, 2.75) is 34.9 Å². The van der Waals surface area contributed by atoms with Gasteiger partial charge in [-0.1, -0.05) is 0 Å². The molecule has 0 amide bonds. The molecule has 2 aliphatic rings. The van der Waals surface area contributed by atoms with Crippen LogP contribution in [0.15, 0.2) is 73.1 Å². The zero-order valence-corrected chi connectivity index (χ0v) is 22.8. The van der Waals surface area contributed by atoms with Crippen LogP contribution in [-0.2, 0) is 23.2 Å². The van der Waals surface area contributed by atoms with Crippen LogP contribution in [-0.4, -0.2) is 9.13 Å². The molecular weight excluding hydrogens is 518 g/mol. The Morgan fingerprint density at radius 1 is 0.600 bits per heavy atom. The fraction of sp³-hybridized carbons (Fsp3) is 0.200. The van der Waals surface area contributed by atoms with Gasteiger partial charge in [0.05, 0.1) is 0 Å². The van der Waals surface area contributed by atoms with Crippen LogP contribution in [0.2, 0.25) is 0 Å². The third-order valence-electron chi connectivity index (χ3n) is 7.00. The normalized spacial score (nSPS) is 17.5. The maximum Gasteiger partial charge on any atom is -1.00 e. The summed E-state index contributed by atoms with van der Waals surface area (Å²) in [5, 5.41) is 0. The number of hydrogen-bond donors (Lipinski definition) is 0. The van der Waals surface area contributed by atoms with Crippen molar-refractivity contribution in [1.82, 2.24) is 9.13 Å². The third kappa shape index (κ3) is 4.25. The van der Waals surface area contributed by atoms with E-state index in [0.717, 1.165) is 0 Å². The van der Waals surface area contributed by atoms with Crippen molar-refractivity contribution in [2.75, 3.05) is 0 Å². The molecule has 2 heterocycles. The predicted octanol–water partition coefficient (Wildman–Crippen LogP) is 1.42. The van der Waals surface area contributed by atoms with E-state index < -0.39 is 23.2 Å². The van der Waals surface area contributed by atoms with E-state index in [4.69, 9.17) is 0 Å². The predicted molar refractivity (Wildman–Crippen MR) is 135 cm³/mol. The number of allylic oxidation sites excluding steroid dienone is 2. The van der Waals surface area contributed by atoms with Gasteiger partial charge < -0.3 is 9.41 Å². The Hall–Kier alpha value is -2.78. The van der Waals surface area contributed by atoms with E-state index in [1.165, 1.54) is 56.2 Å². The number of nitrogens with zero attached hydrogens (tertiary/aromatic N) is 2. The Labute approximate surface area is 217 Å². The number of rotatable bonds is 4. The summed E-state index contributed by atoms with van der Waals surface area (Å²) in [6, 6.07) is 22.7. The molecule has 0 bridgehead atoms. The fourth-order valence-corrected chi connectivity index (χ4v) is 10.5. The van der Waals surface area contributed by atoms with Crippen LogP contribution in [0.4, 0.5) is 0 Å². The number of hydrogen-bond acceptors (Lipinski definition) is 0. The molecule has 2 aromatic carbocycles. The second-order valence-electron chi connectivity index (χ2n) is 9.49. The summed E-state index contributed by atoms with van der Waals surface area (Å²) in [5.41, 5.74) is 14.1. The number of aryl methyl sites for hydroxylation is 4. The minimum atomic E-state index is -1.00. The molecule has 0 fully saturated rings. The van der Waals surface area contributed by atoms with Gasteiger partial charge in [-0.3, -0.25) is 0 Å². The third-order valence-corrected chi connectivity index (χ3v) is 11.6. The first kappa shape index (κ1) is 25.3. The van der Waals surface area contributed by atoms with Gasteiger partial charge in [0.25, 0.3) is 0 Å². The smallest absolute Gasteiger partial charge is 1.00 e. The molecule has 2 aliphatic carbocycles. The van der Waals surface area contributed by atoms with Gasteiger partial charge in [0.1, 0.15) is 0 Å². The van der Waals surface area contributed by atoms with Gasteiger partial charge in [-0.2, -0.15) is 0 Å². The summed E-state index contributed by atoms with van der Waals surface area (Å²) in [6.07, 6.45) is 9.53. The van der Waals surface area contributed by atoms with E-state index in [0.29, 0.717) is 7.25 Å². The van der Waals surface area contributed by atoms with Crippen LogP contribution >= 0.6 is 0 Å². The van der Waals surface area contributed by atoms with Crippen molar-refractivity contribution in [3.8, 4) is 0 Å². The van der Waals surface area contributed by atoms with Gasteiger partial charge in [0.2, 0.25) is 0 Å². The molecule has 0 N–H and O–H groups in total. The topological polar surface area (TPSA) is 9.86 Å². The molecule has 176 valence electrons. The zero-order chi connectivity index (χ0) is 22.7. The number of benzene rings is 2. The van der Waals surface area contributed by atoms with Gasteiger partial charge in [-0.05, 0) is 0 Å². The maximum atomic E-state index is 2.45. The zero-order valence-electron chi connectivity index (χ0n) is 20.4. The van der Waals surface area contributed by atoms with Crippen molar-refractivity contribution >= 4 is 23.5 Å². The summed E-state index contributed by atoms with van der Waals surface area (Å²) in [7, 11) is 0. The van der Waals surface area contributed by atoms with Gasteiger partial charge >= 0.3 is 209 Å². The maximum absolute atomic E-state index is 2.45. The Balaban J connectivity index is 0.00000144. The van der Waals surface area contributed by atoms with E-state index >= 15 is 0 Å². The molecular formula is C30H28F2N2Zr. The van der Waals surface area contributed by atoms with E-state index in [9.17, 15) is 0 Å². The van der Waals surface area contributed by atoms with E-state index in [-0.39, 0.29) is 9.41 Å². The molecule has 0 saturated heterocycles. The van der Waals surface area contributed by atoms with Crippen molar-refractivity contribution in [3.05, 3.63) is 118 Å². The van der Waals surface area contributed by atoms with Gasteiger partial charge in [0, 0.05) is 0 Å². The number of aromatic nitrogens is 2. The molecule has 6 rings (SSSR count). The minimum absolute atomic E-state index is 0. The average Bonchev–Trinajstić information content (AvgIpc) is 3.52. The van der Waals surface area contributed by atoms with E-state index in [1.807, 2.05) is 0 Å². The summed E-state index contributed by atoms with van der Waals surface area (Å²) in [6.45, 7) is 8.88. The van der Waals surface area contributed by atoms with Crippen LogP contribution in [0.1, 0.15) is 52.0 Å². The molecule has 2 unspecified atom stereocenters. The van der Waals surface area contributed by atoms with Crippen LogP contribution < -0.4 is 9.41 Å². The molecule has 0 radical (unpaired) electrons. The number of fused-ring (bicyclic) bond motifs is 2. The van der Waals surface area contributed by atoms with Crippen molar-refractivity contribution in [1.29, 1.82) is 0 Å². The van der Waals surface area contributed by atoms with E-state index in [2.05, 4.69) is 122 Å². The average molecular weight is 546 g/mol. The standard InChI is InChI=1S/2C15H14N.2FH.Zr/c2*1-11-7-12(2)16(10-11)15-8-13-5-3-4-6-14(13)9-15;;;/h2*3-10H,1-2H3;2*1H;/q;;;;+2/p-2. The summed E-state index contributed by atoms with van der Waals surface area (Å²) in [4.78, 5) is 0. The first-order valence-electron chi connectivity index (χ1n) is 11.7. The molecule has 5 heteroatoms. The monoisotopic (exact) mass is 544 g/mol. The summed E-state index contributed by atoms with van der Waals surface area (Å²) in [5.74, 6) is 0. The Bertz CT molecular complexity index is 1350. The second kappa shape index (κ2) is 9.70. The van der Waals surface area contributed by atoms with Crippen molar-refractivity contribution in [3.63, 3.8) is 0 Å². The molecule has 0 aliphatic heterocycles. The molecule has 0 saturated carbocycles. The van der Waals surface area contributed by atoms with Gasteiger partial charge in [0.15, 0.2) is 0 Å². The van der Waals surface area contributed by atoms with Crippen LogP contribution in [0, 0.1) is 27.7 Å². The van der Waals surface area contributed by atoms with Crippen molar-refractivity contribution in [2.24, 2.45) is 0 Å². The van der Waals surface area contributed by atoms with Crippen molar-refractivity contribution < 1.29 is 32.6 Å². The second-order valence-corrected chi connectivity index (χ2v) is 13.1. The molecule has 4 aromatic rings. The first-order chi connectivity index (χ1) is 16.0. The van der Waals surface area contributed by atoms with Crippen LogP contribution in [0.5, 0.6) is 0 Å². The molecule has 2 atom stereocenters. The largest absolute Gasteiger partial charge is 1.00 e. The quantitative estimate of drug-likeness (QED) is 0.367. The Morgan fingerprint density at radius 3 is 1.37 bits per heavy atom. The molecule has 2 aromatic heterocycles. The molecule has 2 nitrogen and oxygen atoms in total. The molecule has 35 heavy (non-hydrogen) atoms. The van der Waals surface area contributed by atoms with Gasteiger partial charge in [-0.25, -0.2) is 0 Å².